The number of benzene rings is 1. The lowest BCUT2D eigenvalue weighted by Gasteiger charge is -2.12. The maximum absolute atomic E-state index is 12.1. The molecule has 0 saturated carbocycles. The molecule has 1 aromatic rings. The zero-order chi connectivity index (χ0) is 16.6. The lowest BCUT2D eigenvalue weighted by Crippen LogP contribution is -2.38. The molecule has 4 N–H and O–H groups in total. The third-order valence-electron chi connectivity index (χ3n) is 2.68. The highest BCUT2D eigenvalue weighted by Crippen LogP contribution is 2.18. The van der Waals surface area contributed by atoms with Crippen LogP contribution in [0.3, 0.4) is 0 Å². The summed E-state index contributed by atoms with van der Waals surface area (Å²) in [6, 6.07) is 6.62. The van der Waals surface area contributed by atoms with Crippen LogP contribution in [-0.4, -0.2) is 31.1 Å². The summed E-state index contributed by atoms with van der Waals surface area (Å²) in [6.45, 7) is 2.31. The number of aliphatic imine (C=N–C) groups is 1. The number of carbonyl (C=O) groups is 1. The van der Waals surface area contributed by atoms with Crippen LogP contribution in [0, 0.1) is 0 Å². The minimum atomic E-state index is -4.21. The number of halogens is 4. The number of amides is 1. The molecule has 0 atom stereocenters. The van der Waals surface area contributed by atoms with Gasteiger partial charge >= 0.3 is 6.18 Å². The van der Waals surface area contributed by atoms with Crippen molar-refractivity contribution in [2.45, 2.75) is 26.1 Å². The summed E-state index contributed by atoms with van der Waals surface area (Å²) in [7, 11) is 0. The Morgan fingerprint density at radius 3 is 2.57 bits per heavy atom. The predicted octanol–water partition coefficient (Wildman–Crippen LogP) is 2.41. The first kappa shape index (κ1) is 21.5. The molecule has 0 radical (unpaired) electrons. The van der Waals surface area contributed by atoms with Gasteiger partial charge in [-0.15, -0.1) is 24.0 Å². The van der Waals surface area contributed by atoms with Gasteiger partial charge in [0, 0.05) is 18.7 Å². The fourth-order valence-electron chi connectivity index (χ4n) is 1.66. The number of nitrogens with two attached hydrogens (primary N) is 1. The molecule has 0 spiro atoms. The van der Waals surface area contributed by atoms with Crippen molar-refractivity contribution in [3.05, 3.63) is 35.4 Å². The molecule has 0 saturated heterocycles. The molecule has 0 bridgehead atoms. The molecule has 0 heterocycles. The summed E-state index contributed by atoms with van der Waals surface area (Å²) >= 11 is 0. The topological polar surface area (TPSA) is 79.5 Å². The summed E-state index contributed by atoms with van der Waals surface area (Å²) in [6.07, 6.45) is -5.14. The Kier molecular flexibility index (Phi) is 9.61. The standard InChI is InChI=1S/C14H19F3N4O.HI/c1-2-19-13(20-7-6-14(15,16)17)21-9-10-4-3-5-11(8-10)12(18)22;/h3-5,8H,2,6-7,9H2,1H3,(H2,18,22)(H2,19,20,21);1H. The maximum Gasteiger partial charge on any atom is 0.390 e. The summed E-state index contributed by atoms with van der Waals surface area (Å²) < 4.78 is 36.4. The molecule has 23 heavy (non-hydrogen) atoms. The van der Waals surface area contributed by atoms with E-state index in [1.807, 2.05) is 6.92 Å². The van der Waals surface area contributed by atoms with E-state index in [1.54, 1.807) is 24.3 Å². The van der Waals surface area contributed by atoms with E-state index in [4.69, 9.17) is 5.73 Å². The van der Waals surface area contributed by atoms with Crippen LogP contribution in [-0.2, 0) is 6.54 Å². The van der Waals surface area contributed by atoms with Crippen molar-refractivity contribution in [2.75, 3.05) is 13.1 Å². The van der Waals surface area contributed by atoms with Gasteiger partial charge in [0.2, 0.25) is 5.91 Å². The van der Waals surface area contributed by atoms with E-state index in [9.17, 15) is 18.0 Å². The zero-order valence-electron chi connectivity index (χ0n) is 12.6. The molecule has 1 amide bonds. The molecule has 1 aromatic carbocycles. The first-order valence-corrected chi connectivity index (χ1v) is 6.79. The average molecular weight is 444 g/mol. The van der Waals surface area contributed by atoms with Gasteiger partial charge in [-0.2, -0.15) is 13.2 Å². The Hall–Kier alpha value is -1.52. The Labute approximate surface area is 149 Å². The number of carbonyl (C=O) groups excluding carboxylic acids is 1. The van der Waals surface area contributed by atoms with Gasteiger partial charge in [-0.25, -0.2) is 4.99 Å². The number of hydrogen-bond donors (Lipinski definition) is 3. The van der Waals surface area contributed by atoms with E-state index in [0.29, 0.717) is 12.1 Å². The number of nitrogens with zero attached hydrogens (tertiary/aromatic N) is 1. The zero-order valence-corrected chi connectivity index (χ0v) is 14.9. The van der Waals surface area contributed by atoms with E-state index in [0.717, 1.165) is 5.56 Å². The SMILES string of the molecule is CCNC(=NCc1cccc(C(N)=O)c1)NCCC(F)(F)F.I. The van der Waals surface area contributed by atoms with Gasteiger partial charge in [0.25, 0.3) is 0 Å². The average Bonchev–Trinajstić information content (AvgIpc) is 2.43. The van der Waals surface area contributed by atoms with E-state index < -0.39 is 18.5 Å². The Morgan fingerprint density at radius 2 is 2.00 bits per heavy atom. The fourth-order valence-corrected chi connectivity index (χ4v) is 1.66. The number of alkyl halides is 3. The fraction of sp³-hybridized carbons (Fsp3) is 0.429. The summed E-state index contributed by atoms with van der Waals surface area (Å²) in [5.74, 6) is -0.253. The van der Waals surface area contributed by atoms with Gasteiger partial charge in [-0.3, -0.25) is 4.79 Å². The molecule has 9 heteroatoms. The van der Waals surface area contributed by atoms with Crippen LogP contribution in [0.25, 0.3) is 0 Å². The van der Waals surface area contributed by atoms with E-state index in [1.165, 1.54) is 0 Å². The van der Waals surface area contributed by atoms with Crippen molar-refractivity contribution in [3.63, 3.8) is 0 Å². The molecule has 0 aromatic heterocycles. The minimum Gasteiger partial charge on any atom is -0.366 e. The third kappa shape index (κ3) is 9.26. The normalized spacial score (nSPS) is 11.6. The molecule has 0 fully saturated rings. The molecule has 130 valence electrons. The van der Waals surface area contributed by atoms with E-state index in [-0.39, 0.29) is 43.0 Å². The van der Waals surface area contributed by atoms with Gasteiger partial charge in [-0.05, 0) is 24.6 Å². The van der Waals surface area contributed by atoms with Crippen molar-refractivity contribution in [1.29, 1.82) is 0 Å². The Balaban J connectivity index is 0.00000484. The highest BCUT2D eigenvalue weighted by molar-refractivity contribution is 14.0. The molecule has 0 aliphatic heterocycles. The number of rotatable bonds is 6. The van der Waals surface area contributed by atoms with Gasteiger partial charge in [-0.1, -0.05) is 12.1 Å². The Morgan fingerprint density at radius 1 is 1.30 bits per heavy atom. The number of nitrogens with one attached hydrogen (secondary N) is 2. The lowest BCUT2D eigenvalue weighted by atomic mass is 10.1. The number of primary amides is 1. The van der Waals surface area contributed by atoms with Crippen LogP contribution in [0.2, 0.25) is 0 Å². The first-order valence-electron chi connectivity index (χ1n) is 6.79. The molecular formula is C14H20F3IN4O. The van der Waals surface area contributed by atoms with Gasteiger partial charge in [0.1, 0.15) is 0 Å². The Bertz CT molecular complexity index is 535. The van der Waals surface area contributed by atoms with Crippen LogP contribution in [0.15, 0.2) is 29.3 Å². The highest BCUT2D eigenvalue weighted by Gasteiger charge is 2.26. The van der Waals surface area contributed by atoms with Gasteiger partial charge in [0.05, 0.1) is 13.0 Å². The summed E-state index contributed by atoms with van der Waals surface area (Å²) in [5, 5.41) is 5.47. The third-order valence-corrected chi connectivity index (χ3v) is 2.68. The second-order valence-electron chi connectivity index (χ2n) is 4.55. The van der Waals surface area contributed by atoms with Crippen molar-refractivity contribution >= 4 is 35.8 Å². The van der Waals surface area contributed by atoms with E-state index >= 15 is 0 Å². The molecule has 5 nitrogen and oxygen atoms in total. The van der Waals surface area contributed by atoms with Crippen LogP contribution >= 0.6 is 24.0 Å². The maximum atomic E-state index is 12.1. The number of guanidine groups is 1. The molecule has 0 aliphatic rings. The lowest BCUT2D eigenvalue weighted by molar-refractivity contribution is -0.132. The summed E-state index contributed by atoms with van der Waals surface area (Å²) in [4.78, 5) is 15.3. The smallest absolute Gasteiger partial charge is 0.366 e. The van der Waals surface area contributed by atoms with Crippen molar-refractivity contribution < 1.29 is 18.0 Å². The minimum absolute atomic E-state index is 0. The quantitative estimate of drug-likeness (QED) is 0.358. The molecule has 0 unspecified atom stereocenters. The second-order valence-corrected chi connectivity index (χ2v) is 4.55. The van der Waals surface area contributed by atoms with Gasteiger partial charge < -0.3 is 16.4 Å². The highest BCUT2D eigenvalue weighted by atomic mass is 127. The monoisotopic (exact) mass is 444 g/mol. The summed E-state index contributed by atoms with van der Waals surface area (Å²) in [5.41, 5.74) is 6.29. The van der Waals surface area contributed by atoms with Crippen LogP contribution < -0.4 is 16.4 Å². The first-order chi connectivity index (χ1) is 10.3. The molecular weight excluding hydrogens is 424 g/mol. The largest absolute Gasteiger partial charge is 0.390 e. The number of hydrogen-bond acceptors (Lipinski definition) is 2. The van der Waals surface area contributed by atoms with Crippen molar-refractivity contribution in [2.24, 2.45) is 10.7 Å². The predicted molar refractivity (Wildman–Crippen MR) is 93.9 cm³/mol. The second kappa shape index (κ2) is 10.3. The van der Waals surface area contributed by atoms with Gasteiger partial charge in [0.15, 0.2) is 5.96 Å². The van der Waals surface area contributed by atoms with Crippen LogP contribution in [0.4, 0.5) is 13.2 Å². The van der Waals surface area contributed by atoms with Crippen molar-refractivity contribution in [1.82, 2.24) is 10.6 Å². The molecule has 1 rings (SSSR count). The van der Waals surface area contributed by atoms with E-state index in [2.05, 4.69) is 15.6 Å². The van der Waals surface area contributed by atoms with Crippen LogP contribution in [0.1, 0.15) is 29.3 Å². The molecule has 0 aliphatic carbocycles. The van der Waals surface area contributed by atoms with Crippen LogP contribution in [0.5, 0.6) is 0 Å². The van der Waals surface area contributed by atoms with Crippen molar-refractivity contribution in [3.8, 4) is 0 Å².